The number of aromatic nitrogens is 1. The Morgan fingerprint density at radius 1 is 1.10 bits per heavy atom. The van der Waals surface area contributed by atoms with E-state index < -0.39 is 5.79 Å². The van der Waals surface area contributed by atoms with Crippen molar-refractivity contribution in [3.8, 4) is 16.9 Å². The van der Waals surface area contributed by atoms with Gasteiger partial charge in [-0.1, -0.05) is 31.2 Å². The average molecular weight is 388 g/mol. The number of fused-ring (bicyclic) bond motifs is 2. The molecule has 1 spiro atoms. The second kappa shape index (κ2) is 7.16. The van der Waals surface area contributed by atoms with Gasteiger partial charge in [0.2, 0.25) is 11.7 Å². The SMILES string of the molecule is CCC(=O)N1CCC2(CC1)OCc1cc(-c3ccc4cccnc4c3)ccc1O2. The van der Waals surface area contributed by atoms with Crippen LogP contribution in [0.5, 0.6) is 5.75 Å². The molecule has 5 nitrogen and oxygen atoms in total. The zero-order chi connectivity index (χ0) is 19.8. The van der Waals surface area contributed by atoms with Gasteiger partial charge in [-0.05, 0) is 35.4 Å². The van der Waals surface area contributed by atoms with Gasteiger partial charge in [0.15, 0.2) is 0 Å². The van der Waals surface area contributed by atoms with E-state index in [0.29, 0.717) is 39.0 Å². The predicted molar refractivity (Wildman–Crippen MR) is 111 cm³/mol. The summed E-state index contributed by atoms with van der Waals surface area (Å²) in [7, 11) is 0. The number of pyridine rings is 1. The van der Waals surface area contributed by atoms with Crippen LogP contribution in [-0.4, -0.2) is 34.7 Å². The van der Waals surface area contributed by atoms with Gasteiger partial charge in [0, 0.05) is 49.5 Å². The summed E-state index contributed by atoms with van der Waals surface area (Å²) in [6.07, 6.45) is 3.77. The van der Waals surface area contributed by atoms with Gasteiger partial charge in [0.1, 0.15) is 5.75 Å². The van der Waals surface area contributed by atoms with Crippen LogP contribution in [0.25, 0.3) is 22.0 Å². The molecule has 1 aromatic heterocycles. The van der Waals surface area contributed by atoms with E-state index in [2.05, 4.69) is 41.4 Å². The lowest BCUT2D eigenvalue weighted by molar-refractivity contribution is -0.227. The number of benzene rings is 2. The minimum absolute atomic E-state index is 0.200. The number of ether oxygens (including phenoxy) is 2. The van der Waals surface area contributed by atoms with Gasteiger partial charge >= 0.3 is 0 Å². The Hall–Kier alpha value is -2.92. The number of rotatable bonds is 2. The molecule has 0 bridgehead atoms. The highest BCUT2D eigenvalue weighted by molar-refractivity contribution is 5.84. The first-order valence-electron chi connectivity index (χ1n) is 10.2. The van der Waals surface area contributed by atoms with Gasteiger partial charge in [-0.15, -0.1) is 0 Å². The number of nitrogens with zero attached hydrogens (tertiary/aromatic N) is 2. The molecule has 0 atom stereocenters. The molecule has 1 saturated heterocycles. The zero-order valence-electron chi connectivity index (χ0n) is 16.6. The highest BCUT2D eigenvalue weighted by atomic mass is 16.7. The van der Waals surface area contributed by atoms with Gasteiger partial charge in [0.25, 0.3) is 0 Å². The summed E-state index contributed by atoms with van der Waals surface area (Å²) >= 11 is 0. The van der Waals surface area contributed by atoms with Crippen molar-refractivity contribution in [3.05, 3.63) is 60.3 Å². The number of hydrogen-bond donors (Lipinski definition) is 0. The van der Waals surface area contributed by atoms with Crippen LogP contribution in [0.2, 0.25) is 0 Å². The summed E-state index contributed by atoms with van der Waals surface area (Å²) in [5.41, 5.74) is 4.30. The van der Waals surface area contributed by atoms with Crippen molar-refractivity contribution in [1.29, 1.82) is 0 Å². The number of likely N-dealkylation sites (tertiary alicyclic amines) is 1. The zero-order valence-corrected chi connectivity index (χ0v) is 16.6. The van der Waals surface area contributed by atoms with Gasteiger partial charge < -0.3 is 14.4 Å². The molecule has 0 aliphatic carbocycles. The summed E-state index contributed by atoms with van der Waals surface area (Å²) in [6.45, 7) is 3.80. The molecule has 2 aliphatic rings. The van der Waals surface area contributed by atoms with Gasteiger partial charge in [-0.2, -0.15) is 0 Å². The van der Waals surface area contributed by atoms with E-state index in [0.717, 1.165) is 33.3 Å². The Balaban J connectivity index is 1.36. The molecule has 5 rings (SSSR count). The van der Waals surface area contributed by atoms with Crippen molar-refractivity contribution in [2.24, 2.45) is 0 Å². The Bertz CT molecular complexity index is 1070. The molecule has 148 valence electrons. The summed E-state index contributed by atoms with van der Waals surface area (Å²) in [5, 5.41) is 1.13. The highest BCUT2D eigenvalue weighted by Gasteiger charge is 2.41. The highest BCUT2D eigenvalue weighted by Crippen LogP contribution is 2.39. The summed E-state index contributed by atoms with van der Waals surface area (Å²) in [4.78, 5) is 18.3. The van der Waals surface area contributed by atoms with Crippen molar-refractivity contribution in [1.82, 2.24) is 9.88 Å². The minimum atomic E-state index is -0.605. The van der Waals surface area contributed by atoms with Crippen LogP contribution in [0.15, 0.2) is 54.7 Å². The lowest BCUT2D eigenvalue weighted by Crippen LogP contribution is -2.52. The van der Waals surface area contributed by atoms with Crippen LogP contribution in [0.4, 0.5) is 0 Å². The lowest BCUT2D eigenvalue weighted by atomic mass is 9.98. The van der Waals surface area contributed by atoms with E-state index in [-0.39, 0.29) is 5.91 Å². The van der Waals surface area contributed by atoms with Crippen LogP contribution in [0.1, 0.15) is 31.7 Å². The molecule has 3 heterocycles. The van der Waals surface area contributed by atoms with Crippen molar-refractivity contribution in [2.45, 2.75) is 38.6 Å². The summed E-state index contributed by atoms with van der Waals surface area (Å²) in [6, 6.07) is 16.6. The van der Waals surface area contributed by atoms with Crippen LogP contribution in [0, 0.1) is 0 Å². The first kappa shape index (κ1) is 18.1. The molecule has 0 saturated carbocycles. The molecule has 1 amide bonds. The third-order valence-electron chi connectivity index (χ3n) is 5.97. The van der Waals surface area contributed by atoms with Crippen molar-refractivity contribution < 1.29 is 14.3 Å². The lowest BCUT2D eigenvalue weighted by Gasteiger charge is -2.44. The summed E-state index contributed by atoms with van der Waals surface area (Å²) in [5.74, 6) is 0.478. The van der Waals surface area contributed by atoms with Crippen LogP contribution >= 0.6 is 0 Å². The molecule has 0 N–H and O–H groups in total. The predicted octanol–water partition coefficient (Wildman–Crippen LogP) is 4.54. The van der Waals surface area contributed by atoms with E-state index in [1.54, 1.807) is 0 Å². The van der Waals surface area contributed by atoms with E-state index in [1.165, 1.54) is 0 Å². The van der Waals surface area contributed by atoms with Crippen molar-refractivity contribution in [2.75, 3.05) is 13.1 Å². The third-order valence-corrected chi connectivity index (χ3v) is 5.97. The smallest absolute Gasteiger partial charge is 0.222 e. The van der Waals surface area contributed by atoms with Gasteiger partial charge in [-0.3, -0.25) is 9.78 Å². The van der Waals surface area contributed by atoms with Crippen LogP contribution in [0.3, 0.4) is 0 Å². The maximum Gasteiger partial charge on any atom is 0.222 e. The number of carbonyl (C=O) groups is 1. The standard InChI is InChI=1S/C24H24N2O3/c1-2-23(27)26-12-9-24(10-13-26)28-16-20-14-18(7-8-22(20)29-24)19-6-5-17-4-3-11-25-21(17)15-19/h3-8,11,14-15H,2,9-10,12-13,16H2,1H3. The first-order valence-corrected chi connectivity index (χ1v) is 10.2. The molecule has 3 aromatic rings. The fourth-order valence-electron chi connectivity index (χ4n) is 4.22. The maximum atomic E-state index is 11.9. The molecule has 29 heavy (non-hydrogen) atoms. The van der Waals surface area contributed by atoms with Crippen molar-refractivity contribution in [3.63, 3.8) is 0 Å². The molecule has 0 radical (unpaired) electrons. The number of piperidine rings is 1. The Morgan fingerprint density at radius 2 is 1.90 bits per heavy atom. The Labute approximate surface area is 170 Å². The molecular weight excluding hydrogens is 364 g/mol. The van der Waals surface area contributed by atoms with Crippen LogP contribution in [-0.2, 0) is 16.1 Å². The number of amides is 1. The van der Waals surface area contributed by atoms with Crippen molar-refractivity contribution >= 4 is 16.8 Å². The monoisotopic (exact) mass is 388 g/mol. The molecule has 2 aliphatic heterocycles. The van der Waals surface area contributed by atoms with E-state index in [1.807, 2.05) is 30.2 Å². The van der Waals surface area contributed by atoms with Gasteiger partial charge in [-0.25, -0.2) is 0 Å². The quantitative estimate of drug-likeness (QED) is 0.647. The van der Waals surface area contributed by atoms with E-state index in [9.17, 15) is 4.79 Å². The number of carbonyl (C=O) groups excluding carboxylic acids is 1. The van der Waals surface area contributed by atoms with E-state index in [4.69, 9.17) is 9.47 Å². The third kappa shape index (κ3) is 3.36. The first-order chi connectivity index (χ1) is 14.2. The fourth-order valence-corrected chi connectivity index (χ4v) is 4.22. The van der Waals surface area contributed by atoms with E-state index >= 15 is 0 Å². The molecule has 5 heteroatoms. The van der Waals surface area contributed by atoms with Gasteiger partial charge in [0.05, 0.1) is 12.1 Å². The average Bonchev–Trinajstić information content (AvgIpc) is 2.78. The Morgan fingerprint density at radius 3 is 2.72 bits per heavy atom. The molecule has 1 fully saturated rings. The second-order valence-electron chi connectivity index (χ2n) is 7.77. The normalized spacial score (nSPS) is 17.8. The maximum absolute atomic E-state index is 11.9. The molecule has 2 aromatic carbocycles. The second-order valence-corrected chi connectivity index (χ2v) is 7.77. The molecular formula is C24H24N2O3. The number of hydrogen-bond acceptors (Lipinski definition) is 4. The molecule has 0 unspecified atom stereocenters. The van der Waals surface area contributed by atoms with Crippen LogP contribution < -0.4 is 4.74 Å². The Kier molecular flexibility index (Phi) is 4.47. The summed E-state index contributed by atoms with van der Waals surface area (Å²) < 4.78 is 12.5. The topological polar surface area (TPSA) is 51.7 Å². The largest absolute Gasteiger partial charge is 0.462 e. The fraction of sp³-hybridized carbons (Fsp3) is 0.333. The minimum Gasteiger partial charge on any atom is -0.462 e.